The molecule has 0 radical (unpaired) electrons. The third kappa shape index (κ3) is 5.68. The molecule has 0 spiro atoms. The zero-order valence-electron chi connectivity index (χ0n) is 22.6. The quantitative estimate of drug-likeness (QED) is 0.480. The summed E-state index contributed by atoms with van der Waals surface area (Å²) >= 11 is 0. The first kappa shape index (κ1) is 26.5. The number of rotatable bonds is 7. The second-order valence-corrected chi connectivity index (χ2v) is 10.2. The molecular formula is C28H35N7O4. The predicted molar refractivity (Wildman–Crippen MR) is 149 cm³/mol. The van der Waals surface area contributed by atoms with Gasteiger partial charge in [-0.25, -0.2) is 9.59 Å². The Morgan fingerprint density at radius 3 is 2.54 bits per heavy atom. The van der Waals surface area contributed by atoms with Crippen LogP contribution in [0.3, 0.4) is 0 Å². The highest BCUT2D eigenvalue weighted by atomic mass is 16.6. The molecule has 39 heavy (non-hydrogen) atoms. The Morgan fingerprint density at radius 1 is 1.08 bits per heavy atom. The van der Waals surface area contributed by atoms with E-state index in [0.717, 1.165) is 28.7 Å². The molecule has 11 nitrogen and oxygen atoms in total. The number of nitrogens with one attached hydrogen (secondary N) is 2. The zero-order chi connectivity index (χ0) is 27.5. The molecule has 0 saturated carbocycles. The molecule has 2 fully saturated rings. The summed E-state index contributed by atoms with van der Waals surface area (Å²) in [5.74, 6) is 0.269. The van der Waals surface area contributed by atoms with Crippen molar-refractivity contribution in [2.45, 2.75) is 39.0 Å². The van der Waals surface area contributed by atoms with Crippen LogP contribution in [0.1, 0.15) is 25.8 Å². The van der Waals surface area contributed by atoms with Gasteiger partial charge < -0.3 is 15.0 Å². The van der Waals surface area contributed by atoms with Crippen LogP contribution in [0.2, 0.25) is 0 Å². The number of carbonyl (C=O) groups excluding carboxylic acids is 3. The Hall–Kier alpha value is -4.12. The molecule has 2 aliphatic heterocycles. The van der Waals surface area contributed by atoms with E-state index in [4.69, 9.17) is 4.74 Å². The molecule has 1 aromatic heterocycles. The van der Waals surface area contributed by atoms with Crippen molar-refractivity contribution in [3.63, 3.8) is 0 Å². The molecule has 0 unspecified atom stereocenters. The minimum Gasteiger partial charge on any atom is -0.445 e. The van der Waals surface area contributed by atoms with Crippen LogP contribution in [0.5, 0.6) is 0 Å². The van der Waals surface area contributed by atoms with E-state index < -0.39 is 6.03 Å². The lowest BCUT2D eigenvalue weighted by Crippen LogP contribution is -2.58. The number of fused-ring (bicyclic) bond motifs is 1. The lowest BCUT2D eigenvalue weighted by atomic mass is 10.1. The van der Waals surface area contributed by atoms with Crippen LogP contribution in [0, 0.1) is 0 Å². The number of amides is 4. The average molecular weight is 534 g/mol. The van der Waals surface area contributed by atoms with Gasteiger partial charge in [-0.15, -0.1) is 0 Å². The normalized spacial score (nSPS) is 20.3. The number of hydrogen-bond acceptors (Lipinski definition) is 7. The van der Waals surface area contributed by atoms with E-state index >= 15 is 0 Å². The first-order valence-corrected chi connectivity index (χ1v) is 13.3. The Kier molecular flexibility index (Phi) is 7.69. The molecule has 0 bridgehead atoms. The monoisotopic (exact) mass is 533 g/mol. The van der Waals surface area contributed by atoms with Crippen LogP contribution in [0.25, 0.3) is 10.9 Å². The maximum Gasteiger partial charge on any atom is 0.410 e. The van der Waals surface area contributed by atoms with Crippen molar-refractivity contribution in [2.75, 3.05) is 42.9 Å². The second-order valence-electron chi connectivity index (χ2n) is 10.2. The highest BCUT2D eigenvalue weighted by Gasteiger charge is 2.32. The molecule has 206 valence electrons. The van der Waals surface area contributed by atoms with Crippen LogP contribution in [0.4, 0.5) is 21.1 Å². The fraction of sp³-hybridized carbons (Fsp3) is 0.429. The molecule has 4 amide bonds. The SMILES string of the molecule is C[C@@H]1CN(C(=O)OCc2ccccc2)C[C@H](C)N1CCNc1cccc2c(N3CCC(=O)NC3=O)nn(C)c12. The lowest BCUT2D eigenvalue weighted by Gasteiger charge is -2.44. The maximum absolute atomic E-state index is 12.7. The fourth-order valence-electron chi connectivity index (χ4n) is 5.50. The van der Waals surface area contributed by atoms with Gasteiger partial charge >= 0.3 is 12.1 Å². The topological polar surface area (TPSA) is 112 Å². The van der Waals surface area contributed by atoms with Crippen LogP contribution >= 0.6 is 0 Å². The lowest BCUT2D eigenvalue weighted by molar-refractivity contribution is -0.120. The van der Waals surface area contributed by atoms with Gasteiger partial charge in [-0.3, -0.25) is 24.6 Å². The maximum atomic E-state index is 12.7. The standard InChI is InChI=1S/C28H35N7O4/c1-19-16-33(28(38)39-18-21-8-5-4-6-9-21)17-20(2)34(19)15-13-29-23-11-7-10-22-25(23)32(3)31-26(22)35-14-12-24(36)30-27(35)37/h4-11,19-20,29H,12-18H2,1-3H3,(H,30,36,37)/t19-,20+. The van der Waals surface area contributed by atoms with Gasteiger partial charge in [-0.05, 0) is 31.5 Å². The Balaban J connectivity index is 1.18. The summed E-state index contributed by atoms with van der Waals surface area (Å²) in [4.78, 5) is 42.4. The number of urea groups is 1. The van der Waals surface area contributed by atoms with Crippen LogP contribution in [-0.4, -0.2) is 82.4 Å². The molecule has 0 aliphatic carbocycles. The van der Waals surface area contributed by atoms with Crippen molar-refractivity contribution in [3.8, 4) is 0 Å². The number of para-hydroxylation sites is 1. The van der Waals surface area contributed by atoms with Crippen molar-refractivity contribution >= 4 is 40.4 Å². The first-order chi connectivity index (χ1) is 18.8. The van der Waals surface area contributed by atoms with Gasteiger partial charge in [0.25, 0.3) is 0 Å². The number of nitrogens with zero attached hydrogens (tertiary/aromatic N) is 5. The van der Waals surface area contributed by atoms with Gasteiger partial charge in [-0.1, -0.05) is 36.4 Å². The zero-order valence-corrected chi connectivity index (χ0v) is 22.6. The number of carbonyl (C=O) groups is 3. The third-order valence-electron chi connectivity index (χ3n) is 7.41. The molecule has 2 N–H and O–H groups in total. The van der Waals surface area contributed by atoms with Crippen LogP contribution < -0.4 is 15.5 Å². The van der Waals surface area contributed by atoms with Crippen LogP contribution in [0.15, 0.2) is 48.5 Å². The molecule has 5 rings (SSSR count). The molecule has 2 saturated heterocycles. The highest BCUT2D eigenvalue weighted by molar-refractivity contribution is 6.10. The van der Waals surface area contributed by atoms with Crippen molar-refractivity contribution in [1.82, 2.24) is 24.9 Å². The van der Waals surface area contributed by atoms with Crippen molar-refractivity contribution < 1.29 is 19.1 Å². The van der Waals surface area contributed by atoms with E-state index in [2.05, 4.69) is 34.5 Å². The van der Waals surface area contributed by atoms with Gasteiger partial charge in [0.1, 0.15) is 6.61 Å². The van der Waals surface area contributed by atoms with Gasteiger partial charge in [-0.2, -0.15) is 5.10 Å². The van der Waals surface area contributed by atoms with E-state index in [0.29, 0.717) is 32.0 Å². The van der Waals surface area contributed by atoms with Crippen LogP contribution in [-0.2, 0) is 23.2 Å². The molecular weight excluding hydrogens is 498 g/mol. The number of imide groups is 1. The predicted octanol–water partition coefficient (Wildman–Crippen LogP) is 3.16. The second kappa shape index (κ2) is 11.3. The summed E-state index contributed by atoms with van der Waals surface area (Å²) in [6.07, 6.45) is -0.0309. The van der Waals surface area contributed by atoms with Gasteiger partial charge in [0, 0.05) is 63.7 Å². The first-order valence-electron chi connectivity index (χ1n) is 13.3. The summed E-state index contributed by atoms with van der Waals surface area (Å²) in [5, 5.41) is 11.4. The highest BCUT2D eigenvalue weighted by Crippen LogP contribution is 2.31. The molecule has 2 aromatic carbocycles. The number of ether oxygens (including phenoxy) is 1. The Labute approximate surface area is 227 Å². The van der Waals surface area contributed by atoms with Crippen molar-refractivity contribution in [1.29, 1.82) is 0 Å². The average Bonchev–Trinajstić information content (AvgIpc) is 3.26. The van der Waals surface area contributed by atoms with Crippen molar-refractivity contribution in [2.24, 2.45) is 7.05 Å². The number of piperazine rings is 1. The van der Waals surface area contributed by atoms with E-state index in [1.54, 1.807) is 9.58 Å². The largest absolute Gasteiger partial charge is 0.445 e. The minimum atomic E-state index is -0.448. The number of aromatic nitrogens is 2. The molecule has 3 heterocycles. The number of aryl methyl sites for hydroxylation is 1. The summed E-state index contributed by atoms with van der Waals surface area (Å²) in [6.45, 7) is 7.56. The number of hydrogen-bond donors (Lipinski definition) is 2. The Bertz CT molecular complexity index is 1350. The smallest absolute Gasteiger partial charge is 0.410 e. The summed E-state index contributed by atoms with van der Waals surface area (Å²) in [6, 6.07) is 15.5. The number of anilines is 2. The minimum absolute atomic E-state index is 0.180. The summed E-state index contributed by atoms with van der Waals surface area (Å²) < 4.78 is 7.32. The molecule has 2 atom stereocenters. The molecule has 3 aromatic rings. The molecule has 2 aliphatic rings. The number of benzene rings is 2. The fourth-order valence-corrected chi connectivity index (χ4v) is 5.50. The summed E-state index contributed by atoms with van der Waals surface area (Å²) in [7, 11) is 1.85. The third-order valence-corrected chi connectivity index (χ3v) is 7.41. The van der Waals surface area contributed by atoms with Crippen molar-refractivity contribution in [3.05, 3.63) is 54.1 Å². The Morgan fingerprint density at radius 2 is 1.82 bits per heavy atom. The van der Waals surface area contributed by atoms with E-state index in [9.17, 15) is 14.4 Å². The van der Waals surface area contributed by atoms with Gasteiger partial charge in [0.2, 0.25) is 5.91 Å². The van der Waals surface area contributed by atoms with Gasteiger partial charge in [0.05, 0.1) is 11.2 Å². The van der Waals surface area contributed by atoms with E-state index in [-0.39, 0.29) is 37.1 Å². The molecule has 11 heteroatoms. The van der Waals surface area contributed by atoms with Gasteiger partial charge in [0.15, 0.2) is 5.82 Å². The summed E-state index contributed by atoms with van der Waals surface area (Å²) in [5.41, 5.74) is 2.79. The van der Waals surface area contributed by atoms with E-state index in [1.165, 1.54) is 4.90 Å². The van der Waals surface area contributed by atoms with E-state index in [1.807, 2.05) is 55.6 Å².